The van der Waals surface area contributed by atoms with E-state index in [2.05, 4.69) is 11.9 Å². The van der Waals surface area contributed by atoms with E-state index in [9.17, 15) is 4.79 Å². The minimum absolute atomic E-state index is 0.0634. The van der Waals surface area contributed by atoms with Gasteiger partial charge in [0.05, 0.1) is 22.5 Å². The summed E-state index contributed by atoms with van der Waals surface area (Å²) >= 11 is 1.76. The number of hydrogen-bond donors (Lipinski definition) is 0. The molecule has 0 aromatic carbocycles. The number of nitrogens with zero attached hydrogens (tertiary/aromatic N) is 2. The van der Waals surface area contributed by atoms with Crippen LogP contribution in [0, 0.1) is 13.8 Å². The van der Waals surface area contributed by atoms with Crippen LogP contribution in [0.3, 0.4) is 0 Å². The van der Waals surface area contributed by atoms with Gasteiger partial charge in [-0.3, -0.25) is 4.79 Å². The first-order chi connectivity index (χ1) is 9.65. The van der Waals surface area contributed by atoms with E-state index < -0.39 is 0 Å². The molecule has 20 heavy (non-hydrogen) atoms. The Balaban J connectivity index is 1.75. The van der Waals surface area contributed by atoms with Crippen molar-refractivity contribution in [2.75, 3.05) is 13.1 Å². The van der Waals surface area contributed by atoms with Crippen molar-refractivity contribution in [3.63, 3.8) is 0 Å². The zero-order chi connectivity index (χ0) is 14.1. The molecular weight excluding hydrogens is 272 g/mol. The highest BCUT2D eigenvalue weighted by Crippen LogP contribution is 2.31. The Labute approximate surface area is 122 Å². The van der Waals surface area contributed by atoms with Crippen LogP contribution in [0.5, 0.6) is 0 Å². The number of aryl methyl sites for hydroxylation is 2. The normalized spacial score (nSPS) is 19.3. The summed E-state index contributed by atoms with van der Waals surface area (Å²) in [6.45, 7) is 5.74. The van der Waals surface area contributed by atoms with Crippen LogP contribution in [0.25, 0.3) is 0 Å². The van der Waals surface area contributed by atoms with Gasteiger partial charge < -0.3 is 9.32 Å². The van der Waals surface area contributed by atoms with Crippen LogP contribution in [0.15, 0.2) is 23.0 Å². The highest BCUT2D eigenvalue weighted by atomic mass is 32.1. The molecule has 0 spiro atoms. The lowest BCUT2D eigenvalue weighted by Crippen LogP contribution is -2.38. The first-order valence-electron chi connectivity index (χ1n) is 6.90. The molecule has 0 unspecified atom stereocenters. The Kier molecular flexibility index (Phi) is 3.61. The third-order valence-corrected chi connectivity index (χ3v) is 5.11. The average Bonchev–Trinajstić information content (AvgIpc) is 3.09. The number of carbonyl (C=O) groups excluding carboxylic acids is 1. The Bertz CT molecular complexity index is 584. The number of rotatable bonds is 2. The molecule has 1 aliphatic rings. The average molecular weight is 290 g/mol. The number of amides is 1. The second kappa shape index (κ2) is 5.40. The number of piperidine rings is 1. The number of aromatic nitrogens is 1. The van der Waals surface area contributed by atoms with E-state index in [1.54, 1.807) is 23.7 Å². The van der Waals surface area contributed by atoms with Crippen molar-refractivity contribution in [1.29, 1.82) is 0 Å². The maximum absolute atomic E-state index is 12.4. The number of hydrogen-bond acceptors (Lipinski definition) is 4. The Morgan fingerprint density at radius 3 is 3.00 bits per heavy atom. The Morgan fingerprint density at radius 1 is 1.50 bits per heavy atom. The topological polar surface area (TPSA) is 46.3 Å². The molecule has 5 heteroatoms. The molecule has 1 saturated heterocycles. The van der Waals surface area contributed by atoms with E-state index in [4.69, 9.17) is 4.42 Å². The van der Waals surface area contributed by atoms with Crippen molar-refractivity contribution in [2.45, 2.75) is 32.6 Å². The van der Waals surface area contributed by atoms with Crippen LogP contribution in [-0.2, 0) is 0 Å². The summed E-state index contributed by atoms with van der Waals surface area (Å²) < 4.78 is 5.00. The summed E-state index contributed by atoms with van der Waals surface area (Å²) in [5, 5.41) is 1.17. The summed E-state index contributed by atoms with van der Waals surface area (Å²) in [5.74, 6) is 0.436. The van der Waals surface area contributed by atoms with Crippen molar-refractivity contribution in [3.05, 3.63) is 39.7 Å². The monoisotopic (exact) mass is 290 g/mol. The first kappa shape index (κ1) is 13.4. The van der Waals surface area contributed by atoms with Gasteiger partial charge in [-0.1, -0.05) is 0 Å². The molecule has 0 bridgehead atoms. The van der Waals surface area contributed by atoms with Crippen molar-refractivity contribution in [2.24, 2.45) is 0 Å². The zero-order valence-corrected chi connectivity index (χ0v) is 12.6. The van der Waals surface area contributed by atoms with Crippen molar-refractivity contribution < 1.29 is 9.21 Å². The van der Waals surface area contributed by atoms with Gasteiger partial charge in [0.15, 0.2) is 0 Å². The van der Waals surface area contributed by atoms with E-state index in [1.807, 2.05) is 11.8 Å². The molecule has 3 heterocycles. The van der Waals surface area contributed by atoms with Gasteiger partial charge in [0.2, 0.25) is 0 Å². The van der Waals surface area contributed by atoms with Gasteiger partial charge in [-0.2, -0.15) is 0 Å². The van der Waals surface area contributed by atoms with Crippen LogP contribution in [-0.4, -0.2) is 28.9 Å². The van der Waals surface area contributed by atoms with Gasteiger partial charge in [-0.25, -0.2) is 4.98 Å². The van der Waals surface area contributed by atoms with Gasteiger partial charge >= 0.3 is 0 Å². The predicted molar refractivity (Wildman–Crippen MR) is 78.2 cm³/mol. The van der Waals surface area contributed by atoms with Crippen LogP contribution in [0.4, 0.5) is 0 Å². The van der Waals surface area contributed by atoms with Gasteiger partial charge in [0.25, 0.3) is 5.91 Å². The summed E-state index contributed by atoms with van der Waals surface area (Å²) in [5.41, 5.74) is 1.75. The number of carbonyl (C=O) groups is 1. The van der Waals surface area contributed by atoms with Crippen molar-refractivity contribution in [3.8, 4) is 0 Å². The predicted octanol–water partition coefficient (Wildman–Crippen LogP) is 3.37. The highest BCUT2D eigenvalue weighted by molar-refractivity contribution is 7.11. The SMILES string of the molecule is Cc1nc([C@@H]2CCCN(C(=O)c3ccoc3)C2)sc1C. The molecule has 4 nitrogen and oxygen atoms in total. The number of likely N-dealkylation sites (tertiary alicyclic amines) is 1. The second-order valence-corrected chi connectivity index (χ2v) is 6.53. The molecule has 106 valence electrons. The molecule has 0 radical (unpaired) electrons. The summed E-state index contributed by atoms with van der Waals surface area (Å²) in [7, 11) is 0. The Morgan fingerprint density at radius 2 is 2.35 bits per heavy atom. The third-order valence-electron chi connectivity index (χ3n) is 3.87. The first-order valence-corrected chi connectivity index (χ1v) is 7.72. The molecule has 3 rings (SSSR count). The molecular formula is C15H18N2O2S. The van der Waals surface area contributed by atoms with E-state index in [0.717, 1.165) is 31.6 Å². The molecule has 2 aromatic rings. The quantitative estimate of drug-likeness (QED) is 0.852. The van der Waals surface area contributed by atoms with Gasteiger partial charge in [-0.05, 0) is 32.8 Å². The van der Waals surface area contributed by atoms with Gasteiger partial charge in [0.1, 0.15) is 6.26 Å². The fourth-order valence-electron chi connectivity index (χ4n) is 2.60. The van der Waals surface area contributed by atoms with Gasteiger partial charge in [-0.15, -0.1) is 11.3 Å². The molecule has 1 amide bonds. The maximum Gasteiger partial charge on any atom is 0.257 e. The standard InChI is InChI=1S/C15H18N2O2S/c1-10-11(2)20-14(16-10)12-4-3-6-17(8-12)15(18)13-5-7-19-9-13/h5,7,9,12H,3-4,6,8H2,1-2H3/t12-/m1/s1. The smallest absolute Gasteiger partial charge is 0.257 e. The fraction of sp³-hybridized carbons (Fsp3) is 0.467. The summed E-state index contributed by atoms with van der Waals surface area (Å²) in [6, 6.07) is 1.73. The lowest BCUT2D eigenvalue weighted by atomic mass is 9.98. The van der Waals surface area contributed by atoms with Crippen LogP contribution < -0.4 is 0 Å². The molecule has 1 aliphatic heterocycles. The summed E-state index contributed by atoms with van der Waals surface area (Å²) in [4.78, 5) is 20.2. The van der Waals surface area contributed by atoms with E-state index >= 15 is 0 Å². The van der Waals surface area contributed by atoms with Crippen LogP contribution >= 0.6 is 11.3 Å². The van der Waals surface area contributed by atoms with E-state index in [-0.39, 0.29) is 5.91 Å². The Hall–Kier alpha value is -1.62. The lowest BCUT2D eigenvalue weighted by Gasteiger charge is -2.31. The second-order valence-electron chi connectivity index (χ2n) is 5.30. The van der Waals surface area contributed by atoms with Crippen molar-refractivity contribution >= 4 is 17.2 Å². The van der Waals surface area contributed by atoms with Crippen LogP contribution in [0.1, 0.15) is 44.7 Å². The number of thiazole rings is 1. The summed E-state index contributed by atoms with van der Waals surface area (Å²) in [6.07, 6.45) is 5.21. The van der Waals surface area contributed by atoms with Gasteiger partial charge in [0, 0.05) is 23.9 Å². The molecule has 2 aromatic heterocycles. The van der Waals surface area contributed by atoms with Crippen LogP contribution in [0.2, 0.25) is 0 Å². The minimum Gasteiger partial charge on any atom is -0.472 e. The van der Waals surface area contributed by atoms with E-state index in [1.165, 1.54) is 16.1 Å². The largest absolute Gasteiger partial charge is 0.472 e. The molecule has 0 N–H and O–H groups in total. The molecule has 0 saturated carbocycles. The number of furan rings is 1. The molecule has 0 aliphatic carbocycles. The minimum atomic E-state index is 0.0634. The molecule has 1 atom stereocenters. The molecule has 1 fully saturated rings. The lowest BCUT2D eigenvalue weighted by molar-refractivity contribution is 0.0706. The fourth-order valence-corrected chi connectivity index (χ4v) is 3.65. The van der Waals surface area contributed by atoms with Crippen molar-refractivity contribution in [1.82, 2.24) is 9.88 Å². The third kappa shape index (κ3) is 2.50. The highest BCUT2D eigenvalue weighted by Gasteiger charge is 2.27. The van der Waals surface area contributed by atoms with E-state index in [0.29, 0.717) is 11.5 Å². The maximum atomic E-state index is 12.4. The zero-order valence-electron chi connectivity index (χ0n) is 11.8.